The van der Waals surface area contributed by atoms with Gasteiger partial charge in [0, 0.05) is 25.6 Å². The van der Waals surface area contributed by atoms with Crippen LogP contribution in [0.2, 0.25) is 0 Å². The number of hydrogen-bond donors (Lipinski definition) is 1. The monoisotopic (exact) mass is 329 g/mol. The average molecular weight is 329 g/mol. The molecule has 1 atom stereocenters. The summed E-state index contributed by atoms with van der Waals surface area (Å²) >= 11 is 0. The number of nitrogens with one attached hydrogen (secondary N) is 1. The number of nitrogens with zero attached hydrogens (tertiary/aromatic N) is 2. The van der Waals surface area contributed by atoms with E-state index in [0.29, 0.717) is 19.5 Å². The molecule has 0 spiro atoms. The van der Waals surface area contributed by atoms with Crippen LogP contribution in [0.15, 0.2) is 24.3 Å². The minimum Gasteiger partial charge on any atom is -0.353 e. The lowest BCUT2D eigenvalue weighted by Gasteiger charge is -2.30. The van der Waals surface area contributed by atoms with Crippen LogP contribution < -0.4 is 5.32 Å². The normalized spacial score (nSPS) is 22.8. The molecule has 1 aromatic carbocycles. The second kappa shape index (κ2) is 7.34. The van der Waals surface area contributed by atoms with Crippen LogP contribution in [0.3, 0.4) is 0 Å². The maximum Gasteiger partial charge on any atom is 0.225 e. The van der Waals surface area contributed by atoms with Gasteiger partial charge in [-0.1, -0.05) is 29.8 Å². The fraction of sp³-hybridized carbons (Fsp3) is 0.579. The summed E-state index contributed by atoms with van der Waals surface area (Å²) < 4.78 is 0. The van der Waals surface area contributed by atoms with Gasteiger partial charge < -0.3 is 15.1 Å². The number of aryl methyl sites for hydroxylation is 1. The van der Waals surface area contributed by atoms with Crippen LogP contribution in [-0.4, -0.2) is 54.3 Å². The van der Waals surface area contributed by atoms with Crippen molar-refractivity contribution in [2.24, 2.45) is 5.92 Å². The molecule has 1 aromatic rings. The first-order valence-electron chi connectivity index (χ1n) is 8.83. The Bertz CT molecular complexity index is 591. The molecule has 2 aliphatic rings. The van der Waals surface area contributed by atoms with Crippen LogP contribution in [0, 0.1) is 12.8 Å². The Kier molecular flexibility index (Phi) is 5.19. The van der Waals surface area contributed by atoms with Gasteiger partial charge in [-0.2, -0.15) is 0 Å². The third-order valence-corrected chi connectivity index (χ3v) is 5.14. The maximum absolute atomic E-state index is 12.5. The Hall–Kier alpha value is -1.88. The van der Waals surface area contributed by atoms with E-state index in [-0.39, 0.29) is 23.8 Å². The second-order valence-electron chi connectivity index (χ2n) is 7.25. The van der Waals surface area contributed by atoms with Crippen molar-refractivity contribution in [2.45, 2.75) is 38.8 Å². The molecule has 24 heavy (non-hydrogen) atoms. The number of carbonyl (C=O) groups excluding carboxylic acids is 2. The third kappa shape index (κ3) is 4.15. The Labute approximate surface area is 144 Å². The minimum atomic E-state index is -0.206. The molecule has 0 radical (unpaired) electrons. The van der Waals surface area contributed by atoms with Crippen molar-refractivity contribution in [3.8, 4) is 0 Å². The lowest BCUT2D eigenvalue weighted by atomic mass is 10.0. The van der Waals surface area contributed by atoms with Crippen LogP contribution in [0.1, 0.15) is 30.4 Å². The lowest BCUT2D eigenvalue weighted by Crippen LogP contribution is -2.45. The zero-order valence-corrected chi connectivity index (χ0v) is 14.6. The first-order valence-corrected chi connectivity index (χ1v) is 8.83. The number of hydrogen-bond acceptors (Lipinski definition) is 3. The summed E-state index contributed by atoms with van der Waals surface area (Å²) in [5.41, 5.74) is 2.33. The predicted octanol–water partition coefficient (Wildman–Crippen LogP) is 1.55. The van der Waals surface area contributed by atoms with Crippen molar-refractivity contribution in [2.75, 3.05) is 26.7 Å². The molecular weight excluding hydrogens is 302 g/mol. The molecule has 0 saturated carbocycles. The molecule has 0 aromatic heterocycles. The van der Waals surface area contributed by atoms with E-state index in [1.165, 1.54) is 5.56 Å². The van der Waals surface area contributed by atoms with Gasteiger partial charge in [0.15, 0.2) is 0 Å². The minimum absolute atomic E-state index is 0.0457. The molecule has 2 heterocycles. The number of carbonyl (C=O) groups is 2. The number of piperidine rings is 1. The fourth-order valence-corrected chi connectivity index (χ4v) is 3.49. The Morgan fingerprint density at radius 1 is 1.21 bits per heavy atom. The van der Waals surface area contributed by atoms with E-state index in [9.17, 15) is 9.59 Å². The molecule has 1 N–H and O–H groups in total. The van der Waals surface area contributed by atoms with Crippen LogP contribution >= 0.6 is 0 Å². The number of amides is 2. The van der Waals surface area contributed by atoms with Gasteiger partial charge in [-0.05, 0) is 45.5 Å². The van der Waals surface area contributed by atoms with Crippen molar-refractivity contribution < 1.29 is 9.59 Å². The van der Waals surface area contributed by atoms with Gasteiger partial charge in [-0.15, -0.1) is 0 Å². The molecule has 2 aliphatic heterocycles. The molecule has 5 nitrogen and oxygen atoms in total. The Balaban J connectivity index is 1.52. The van der Waals surface area contributed by atoms with Crippen molar-refractivity contribution in [3.63, 3.8) is 0 Å². The van der Waals surface area contributed by atoms with Crippen LogP contribution in [0.25, 0.3) is 0 Å². The molecule has 0 aliphatic carbocycles. The maximum atomic E-state index is 12.5. The van der Waals surface area contributed by atoms with Crippen molar-refractivity contribution in [1.29, 1.82) is 0 Å². The summed E-state index contributed by atoms with van der Waals surface area (Å²) in [5.74, 6) is -0.0778. The zero-order valence-electron chi connectivity index (χ0n) is 14.6. The summed E-state index contributed by atoms with van der Waals surface area (Å²) in [6.07, 6.45) is 2.33. The summed E-state index contributed by atoms with van der Waals surface area (Å²) in [7, 11) is 2.11. The van der Waals surface area contributed by atoms with Crippen LogP contribution in [-0.2, 0) is 16.1 Å². The third-order valence-electron chi connectivity index (χ3n) is 5.14. The molecule has 0 bridgehead atoms. The van der Waals surface area contributed by atoms with Gasteiger partial charge in [-0.25, -0.2) is 0 Å². The SMILES string of the molecule is Cc1ccc(CN2C[C@@H](C(=O)NC3CCN(C)CC3)CC2=O)cc1. The van der Waals surface area contributed by atoms with E-state index in [2.05, 4.69) is 41.5 Å². The van der Waals surface area contributed by atoms with E-state index in [4.69, 9.17) is 0 Å². The van der Waals surface area contributed by atoms with Crippen molar-refractivity contribution >= 4 is 11.8 Å². The summed E-state index contributed by atoms with van der Waals surface area (Å²) in [6, 6.07) is 8.47. The molecule has 2 amide bonds. The molecule has 2 fully saturated rings. The average Bonchev–Trinajstić information content (AvgIpc) is 2.93. The fourth-order valence-electron chi connectivity index (χ4n) is 3.49. The smallest absolute Gasteiger partial charge is 0.225 e. The zero-order chi connectivity index (χ0) is 17.1. The van der Waals surface area contributed by atoms with E-state index in [1.807, 2.05) is 11.8 Å². The first kappa shape index (κ1) is 17.0. The molecule has 2 saturated heterocycles. The molecular formula is C19H27N3O2. The summed E-state index contributed by atoms with van der Waals surface area (Å²) in [4.78, 5) is 28.8. The van der Waals surface area contributed by atoms with E-state index < -0.39 is 0 Å². The molecule has 5 heteroatoms. The standard InChI is InChI=1S/C19H27N3O2/c1-14-3-5-15(6-4-14)12-22-13-16(11-18(22)23)19(24)20-17-7-9-21(2)10-8-17/h3-6,16-17H,7-13H2,1-2H3,(H,20,24)/t16-/m0/s1. The Morgan fingerprint density at radius 3 is 2.54 bits per heavy atom. The molecule has 0 unspecified atom stereocenters. The highest BCUT2D eigenvalue weighted by atomic mass is 16.2. The van der Waals surface area contributed by atoms with Gasteiger partial charge in [0.2, 0.25) is 11.8 Å². The highest BCUT2D eigenvalue weighted by molar-refractivity contribution is 5.89. The second-order valence-corrected chi connectivity index (χ2v) is 7.25. The Morgan fingerprint density at radius 2 is 1.88 bits per heavy atom. The lowest BCUT2D eigenvalue weighted by molar-refractivity contribution is -0.129. The quantitative estimate of drug-likeness (QED) is 0.912. The van der Waals surface area contributed by atoms with E-state index in [0.717, 1.165) is 31.5 Å². The van der Waals surface area contributed by atoms with Gasteiger partial charge in [0.1, 0.15) is 0 Å². The topological polar surface area (TPSA) is 52.7 Å². The number of likely N-dealkylation sites (tertiary alicyclic amines) is 2. The van der Waals surface area contributed by atoms with E-state index >= 15 is 0 Å². The van der Waals surface area contributed by atoms with Crippen LogP contribution in [0.5, 0.6) is 0 Å². The van der Waals surface area contributed by atoms with Crippen molar-refractivity contribution in [1.82, 2.24) is 15.1 Å². The van der Waals surface area contributed by atoms with Gasteiger partial charge >= 0.3 is 0 Å². The number of rotatable bonds is 4. The van der Waals surface area contributed by atoms with Crippen molar-refractivity contribution in [3.05, 3.63) is 35.4 Å². The number of benzene rings is 1. The first-order chi connectivity index (χ1) is 11.5. The summed E-state index contributed by atoms with van der Waals surface area (Å²) in [5, 5.41) is 3.15. The molecule has 130 valence electrons. The summed E-state index contributed by atoms with van der Waals surface area (Å²) in [6.45, 7) is 5.22. The predicted molar refractivity (Wildman–Crippen MR) is 93.4 cm³/mol. The van der Waals surface area contributed by atoms with Crippen LogP contribution in [0.4, 0.5) is 0 Å². The highest BCUT2D eigenvalue weighted by Gasteiger charge is 2.35. The largest absolute Gasteiger partial charge is 0.353 e. The highest BCUT2D eigenvalue weighted by Crippen LogP contribution is 2.21. The molecule has 3 rings (SSSR count). The van der Waals surface area contributed by atoms with Gasteiger partial charge in [-0.3, -0.25) is 9.59 Å². The van der Waals surface area contributed by atoms with Gasteiger partial charge in [0.25, 0.3) is 0 Å². The van der Waals surface area contributed by atoms with Gasteiger partial charge in [0.05, 0.1) is 5.92 Å². The van der Waals surface area contributed by atoms with E-state index in [1.54, 1.807) is 0 Å².